The van der Waals surface area contributed by atoms with Gasteiger partial charge in [0.2, 0.25) is 5.88 Å². The summed E-state index contributed by atoms with van der Waals surface area (Å²) in [5.74, 6) is -0.592. The van der Waals surface area contributed by atoms with E-state index in [4.69, 9.17) is 23.2 Å². The second-order valence-corrected chi connectivity index (χ2v) is 7.29. The second-order valence-electron chi connectivity index (χ2n) is 5.56. The summed E-state index contributed by atoms with van der Waals surface area (Å²) in [6, 6.07) is 5.28. The summed E-state index contributed by atoms with van der Waals surface area (Å²) < 4.78 is 1.13. The Hall–Kier alpha value is -2.75. The van der Waals surface area contributed by atoms with Crippen LogP contribution in [-0.4, -0.2) is 19.8 Å². The van der Waals surface area contributed by atoms with E-state index in [1.165, 1.54) is 6.20 Å². The molecule has 0 aliphatic carbocycles. The van der Waals surface area contributed by atoms with Gasteiger partial charge in [0.25, 0.3) is 0 Å². The second kappa shape index (κ2) is 6.76. The average molecular weight is 422 g/mol. The molecule has 2 N–H and O–H groups in total. The summed E-state index contributed by atoms with van der Waals surface area (Å²) in [6.45, 7) is -0.0666. The number of nitrogens with zero attached hydrogens (tertiary/aromatic N) is 5. The first-order chi connectivity index (χ1) is 12.9. The average Bonchev–Trinajstić information content (AvgIpc) is 3.21. The van der Waals surface area contributed by atoms with Crippen LogP contribution in [0, 0.1) is 0 Å². The van der Waals surface area contributed by atoms with Gasteiger partial charge in [-0.3, -0.25) is 9.36 Å². The van der Waals surface area contributed by atoms with Gasteiger partial charge in [0, 0.05) is 11.8 Å². The SMILES string of the molecule is O=c1sc(C=c2ccc3c(c2)N=NN=3)c(O)n1Cc1cnc(Cl)c(O)c1Cl. The van der Waals surface area contributed by atoms with Gasteiger partial charge in [-0.25, -0.2) is 4.98 Å². The minimum absolute atomic E-state index is 0.0224. The number of thiazole rings is 1. The van der Waals surface area contributed by atoms with Gasteiger partial charge < -0.3 is 10.2 Å². The summed E-state index contributed by atoms with van der Waals surface area (Å²) in [4.78, 5) is 16.1. The van der Waals surface area contributed by atoms with Crippen molar-refractivity contribution >= 4 is 46.3 Å². The number of benzene rings is 1. The lowest BCUT2D eigenvalue weighted by Crippen LogP contribution is -2.13. The van der Waals surface area contributed by atoms with Crippen molar-refractivity contribution in [3.63, 3.8) is 0 Å². The fourth-order valence-corrected chi connectivity index (χ4v) is 3.72. The number of aromatic hydroxyl groups is 2. The number of rotatable bonds is 3. The van der Waals surface area contributed by atoms with E-state index in [1.54, 1.807) is 24.3 Å². The quantitative estimate of drug-likeness (QED) is 0.632. The highest BCUT2D eigenvalue weighted by Crippen LogP contribution is 2.33. The van der Waals surface area contributed by atoms with E-state index in [1.807, 2.05) is 0 Å². The lowest BCUT2D eigenvalue weighted by molar-refractivity contribution is 0.419. The summed E-state index contributed by atoms with van der Waals surface area (Å²) in [5.41, 5.74) is 0.962. The molecule has 0 spiro atoms. The van der Waals surface area contributed by atoms with E-state index in [2.05, 4.69) is 20.4 Å². The van der Waals surface area contributed by atoms with Gasteiger partial charge in [0.1, 0.15) is 11.0 Å². The topological polar surface area (TPSA) is 112 Å². The maximum Gasteiger partial charge on any atom is 0.310 e. The molecular weight excluding hydrogens is 413 g/mol. The largest absolute Gasteiger partial charge is 0.504 e. The van der Waals surface area contributed by atoms with Crippen LogP contribution in [0.5, 0.6) is 11.6 Å². The zero-order chi connectivity index (χ0) is 19.1. The smallest absolute Gasteiger partial charge is 0.310 e. The number of hydrogen-bond acceptors (Lipinski definition) is 8. The van der Waals surface area contributed by atoms with Crippen LogP contribution in [0.2, 0.25) is 10.2 Å². The van der Waals surface area contributed by atoms with Crippen LogP contribution >= 0.6 is 34.5 Å². The highest BCUT2D eigenvalue weighted by atomic mass is 35.5. The van der Waals surface area contributed by atoms with Crippen LogP contribution in [0.3, 0.4) is 0 Å². The van der Waals surface area contributed by atoms with E-state index in [0.29, 0.717) is 21.5 Å². The Labute approximate surface area is 165 Å². The molecule has 1 aromatic carbocycles. The molecule has 4 rings (SSSR count). The number of aromatic nitrogens is 2. The van der Waals surface area contributed by atoms with Crippen LogP contribution in [0.25, 0.3) is 6.08 Å². The number of pyridine rings is 1. The molecule has 0 atom stereocenters. The Bertz CT molecular complexity index is 1280. The summed E-state index contributed by atoms with van der Waals surface area (Å²) in [7, 11) is 0. The molecule has 0 fully saturated rings. The molecular formula is C16H9Cl2N5O3S. The van der Waals surface area contributed by atoms with Crippen molar-refractivity contribution in [1.29, 1.82) is 0 Å². The Balaban J connectivity index is 1.74. The Kier molecular flexibility index (Phi) is 4.42. The number of hydrogen-bond donors (Lipinski definition) is 2. The molecule has 1 aliphatic heterocycles. The highest BCUT2D eigenvalue weighted by molar-refractivity contribution is 7.10. The van der Waals surface area contributed by atoms with Gasteiger partial charge in [0.15, 0.2) is 10.9 Å². The summed E-state index contributed by atoms with van der Waals surface area (Å²) >= 11 is 12.6. The molecule has 0 amide bonds. The number of halogens is 2. The first-order valence-corrected chi connectivity index (χ1v) is 9.06. The molecule has 0 saturated carbocycles. The molecule has 8 nitrogen and oxygen atoms in total. The lowest BCUT2D eigenvalue weighted by Gasteiger charge is -2.07. The molecule has 3 aromatic rings. The number of fused-ring (bicyclic) bond motifs is 1. The van der Waals surface area contributed by atoms with E-state index < -0.39 is 0 Å². The van der Waals surface area contributed by atoms with Gasteiger partial charge in [-0.15, -0.1) is 10.2 Å². The first-order valence-electron chi connectivity index (χ1n) is 7.49. The fraction of sp³-hybridized carbons (Fsp3) is 0.0625. The molecule has 0 unspecified atom stereocenters. The monoisotopic (exact) mass is 421 g/mol. The molecule has 11 heteroatoms. The predicted octanol–water partition coefficient (Wildman–Crippen LogP) is 2.53. The van der Waals surface area contributed by atoms with Crippen molar-refractivity contribution in [1.82, 2.24) is 9.55 Å². The van der Waals surface area contributed by atoms with Gasteiger partial charge in [-0.2, -0.15) is 0 Å². The first kappa shape index (κ1) is 17.7. The van der Waals surface area contributed by atoms with Crippen LogP contribution in [0.1, 0.15) is 10.4 Å². The Morgan fingerprint density at radius 1 is 1.26 bits per heavy atom. The molecule has 27 heavy (non-hydrogen) atoms. The maximum absolute atomic E-state index is 12.3. The molecule has 1 aliphatic rings. The molecule has 0 radical (unpaired) electrons. The Morgan fingerprint density at radius 3 is 2.89 bits per heavy atom. The van der Waals surface area contributed by atoms with Crippen LogP contribution in [0.4, 0.5) is 5.69 Å². The van der Waals surface area contributed by atoms with Crippen LogP contribution < -0.4 is 15.4 Å². The highest BCUT2D eigenvalue weighted by Gasteiger charge is 2.17. The third kappa shape index (κ3) is 3.20. The van der Waals surface area contributed by atoms with Crippen molar-refractivity contribution in [3.05, 3.63) is 65.3 Å². The van der Waals surface area contributed by atoms with Gasteiger partial charge in [-0.05, 0) is 28.7 Å². The zero-order valence-corrected chi connectivity index (χ0v) is 15.6. The van der Waals surface area contributed by atoms with E-state index in [-0.39, 0.29) is 33.2 Å². The van der Waals surface area contributed by atoms with Gasteiger partial charge in [0.05, 0.1) is 16.4 Å². The normalized spacial score (nSPS) is 13.0. The molecule has 2 aromatic heterocycles. The Morgan fingerprint density at radius 2 is 2.07 bits per heavy atom. The third-order valence-corrected chi connectivity index (χ3v) is 5.46. The molecule has 136 valence electrons. The summed E-state index contributed by atoms with van der Waals surface area (Å²) in [6.07, 6.45) is 3.00. The third-order valence-electron chi connectivity index (χ3n) is 3.84. The fourth-order valence-electron chi connectivity index (χ4n) is 2.49. The van der Waals surface area contributed by atoms with E-state index in [0.717, 1.165) is 21.1 Å². The van der Waals surface area contributed by atoms with Crippen molar-refractivity contribution in [2.45, 2.75) is 6.54 Å². The van der Waals surface area contributed by atoms with Crippen molar-refractivity contribution in [2.24, 2.45) is 15.4 Å². The minimum Gasteiger partial charge on any atom is -0.504 e. The summed E-state index contributed by atoms with van der Waals surface area (Å²) in [5, 5.41) is 32.8. The maximum atomic E-state index is 12.3. The molecule has 0 saturated heterocycles. The molecule has 0 bridgehead atoms. The standard InChI is InChI=1S/C16H9Cl2N5O3S/c17-12-8(5-19-14(18)13(12)24)6-23-15(25)11(27-16(23)26)4-7-1-2-9-10(3-7)21-22-20-9/h1-5,24-25H,6H2. The predicted molar refractivity (Wildman–Crippen MR) is 101 cm³/mol. The lowest BCUT2D eigenvalue weighted by atomic mass is 10.2. The van der Waals surface area contributed by atoms with Crippen molar-refractivity contribution < 1.29 is 10.2 Å². The van der Waals surface area contributed by atoms with Crippen LogP contribution in [-0.2, 0) is 6.54 Å². The molecule has 3 heterocycles. The van der Waals surface area contributed by atoms with Crippen molar-refractivity contribution in [2.75, 3.05) is 0 Å². The minimum atomic E-state index is -0.389. The van der Waals surface area contributed by atoms with Gasteiger partial charge in [-0.1, -0.05) is 40.6 Å². The van der Waals surface area contributed by atoms with E-state index in [9.17, 15) is 15.0 Å². The van der Waals surface area contributed by atoms with Crippen molar-refractivity contribution in [3.8, 4) is 11.6 Å². The van der Waals surface area contributed by atoms with Gasteiger partial charge >= 0.3 is 4.87 Å². The van der Waals surface area contributed by atoms with E-state index >= 15 is 0 Å². The zero-order valence-electron chi connectivity index (χ0n) is 13.3. The van der Waals surface area contributed by atoms with Crippen LogP contribution in [0.15, 0.2) is 44.6 Å².